The standard InChI is InChI=1S/C16H22N4O/c1-4-6-13-14(17)15(19-18-13)16(21)20(3)10-12-8-5-7-11(2)9-12/h5,7-9H,4,6,10,17H2,1-3H3,(H,18,19). The van der Waals surface area contributed by atoms with E-state index in [1.807, 2.05) is 25.1 Å². The molecule has 0 saturated carbocycles. The first-order chi connectivity index (χ1) is 10.0. The van der Waals surface area contributed by atoms with E-state index < -0.39 is 0 Å². The summed E-state index contributed by atoms with van der Waals surface area (Å²) in [5.74, 6) is -0.160. The molecule has 0 saturated heterocycles. The molecular formula is C16H22N4O. The summed E-state index contributed by atoms with van der Waals surface area (Å²) >= 11 is 0. The summed E-state index contributed by atoms with van der Waals surface area (Å²) in [7, 11) is 1.76. The smallest absolute Gasteiger partial charge is 0.276 e. The number of aromatic amines is 1. The molecule has 5 heteroatoms. The largest absolute Gasteiger partial charge is 0.395 e. The first-order valence-corrected chi connectivity index (χ1v) is 7.16. The van der Waals surface area contributed by atoms with Crippen LogP contribution in [-0.2, 0) is 13.0 Å². The van der Waals surface area contributed by atoms with Crippen LogP contribution < -0.4 is 5.73 Å². The fourth-order valence-corrected chi connectivity index (χ4v) is 2.33. The van der Waals surface area contributed by atoms with Gasteiger partial charge in [0, 0.05) is 13.6 Å². The van der Waals surface area contributed by atoms with Gasteiger partial charge in [0.1, 0.15) is 0 Å². The summed E-state index contributed by atoms with van der Waals surface area (Å²) in [5.41, 5.74) is 9.90. The molecule has 2 rings (SSSR count). The Bertz CT molecular complexity index is 633. The Labute approximate surface area is 125 Å². The van der Waals surface area contributed by atoms with E-state index in [-0.39, 0.29) is 5.91 Å². The fraction of sp³-hybridized carbons (Fsp3) is 0.375. The minimum atomic E-state index is -0.160. The zero-order valence-corrected chi connectivity index (χ0v) is 12.8. The molecule has 0 fully saturated rings. The third kappa shape index (κ3) is 3.42. The number of carbonyl (C=O) groups excluding carboxylic acids is 1. The molecule has 0 atom stereocenters. The number of nitrogens with zero attached hydrogens (tertiary/aromatic N) is 2. The second-order valence-electron chi connectivity index (χ2n) is 5.36. The van der Waals surface area contributed by atoms with Crippen molar-refractivity contribution in [2.75, 3.05) is 12.8 Å². The van der Waals surface area contributed by atoms with E-state index in [0.717, 1.165) is 24.1 Å². The van der Waals surface area contributed by atoms with Crippen molar-refractivity contribution in [3.8, 4) is 0 Å². The number of H-pyrrole nitrogens is 1. The van der Waals surface area contributed by atoms with Gasteiger partial charge in [-0.15, -0.1) is 0 Å². The van der Waals surface area contributed by atoms with Crippen molar-refractivity contribution in [2.45, 2.75) is 33.2 Å². The van der Waals surface area contributed by atoms with Crippen LogP contribution in [0.2, 0.25) is 0 Å². The van der Waals surface area contributed by atoms with Gasteiger partial charge in [-0.3, -0.25) is 9.89 Å². The summed E-state index contributed by atoms with van der Waals surface area (Å²) in [5, 5.41) is 6.93. The van der Waals surface area contributed by atoms with Gasteiger partial charge in [-0.05, 0) is 18.9 Å². The lowest BCUT2D eigenvalue weighted by Crippen LogP contribution is -2.27. The minimum Gasteiger partial charge on any atom is -0.395 e. The number of rotatable bonds is 5. The first kappa shape index (κ1) is 15.1. The third-order valence-electron chi connectivity index (χ3n) is 3.43. The molecule has 2 aromatic rings. The number of amides is 1. The summed E-state index contributed by atoms with van der Waals surface area (Å²) < 4.78 is 0. The van der Waals surface area contributed by atoms with Crippen molar-refractivity contribution in [3.05, 3.63) is 46.8 Å². The lowest BCUT2D eigenvalue weighted by Gasteiger charge is -2.16. The van der Waals surface area contributed by atoms with Crippen LogP contribution in [-0.4, -0.2) is 28.1 Å². The number of benzene rings is 1. The van der Waals surface area contributed by atoms with Gasteiger partial charge >= 0.3 is 0 Å². The SMILES string of the molecule is CCCc1[nH]nc(C(=O)N(C)Cc2cccc(C)c2)c1N. The number of anilines is 1. The molecule has 3 N–H and O–H groups in total. The molecule has 0 aliphatic rings. The molecular weight excluding hydrogens is 264 g/mol. The van der Waals surface area contributed by atoms with E-state index in [2.05, 4.69) is 23.2 Å². The highest BCUT2D eigenvalue weighted by atomic mass is 16.2. The Hall–Kier alpha value is -2.30. The summed E-state index contributed by atoms with van der Waals surface area (Å²) in [6.07, 6.45) is 1.76. The maximum atomic E-state index is 12.4. The number of aryl methyl sites for hydroxylation is 2. The molecule has 5 nitrogen and oxygen atoms in total. The van der Waals surface area contributed by atoms with Crippen molar-refractivity contribution in [1.29, 1.82) is 0 Å². The van der Waals surface area contributed by atoms with Crippen LogP contribution in [0.3, 0.4) is 0 Å². The molecule has 112 valence electrons. The van der Waals surface area contributed by atoms with Crippen molar-refractivity contribution in [1.82, 2.24) is 15.1 Å². The normalized spacial score (nSPS) is 10.6. The fourth-order valence-electron chi connectivity index (χ4n) is 2.33. The molecule has 0 spiro atoms. The van der Waals surface area contributed by atoms with Crippen molar-refractivity contribution < 1.29 is 4.79 Å². The maximum Gasteiger partial charge on any atom is 0.276 e. The molecule has 0 aliphatic carbocycles. The lowest BCUT2D eigenvalue weighted by atomic mass is 10.1. The van der Waals surface area contributed by atoms with E-state index in [0.29, 0.717) is 17.9 Å². The third-order valence-corrected chi connectivity index (χ3v) is 3.43. The van der Waals surface area contributed by atoms with Gasteiger partial charge in [-0.2, -0.15) is 5.10 Å². The highest BCUT2D eigenvalue weighted by Gasteiger charge is 2.20. The molecule has 21 heavy (non-hydrogen) atoms. The number of nitrogen functional groups attached to an aromatic ring is 1. The van der Waals surface area contributed by atoms with Crippen molar-refractivity contribution in [2.24, 2.45) is 0 Å². The Morgan fingerprint density at radius 2 is 2.19 bits per heavy atom. The Morgan fingerprint density at radius 1 is 1.43 bits per heavy atom. The van der Waals surface area contributed by atoms with Crippen molar-refractivity contribution >= 4 is 11.6 Å². The second kappa shape index (κ2) is 6.43. The average Bonchev–Trinajstić information content (AvgIpc) is 2.80. The topological polar surface area (TPSA) is 75.0 Å². The van der Waals surface area contributed by atoms with E-state index in [1.165, 1.54) is 5.56 Å². The van der Waals surface area contributed by atoms with E-state index >= 15 is 0 Å². The average molecular weight is 286 g/mol. The predicted octanol–water partition coefficient (Wildman–Crippen LogP) is 2.53. The second-order valence-corrected chi connectivity index (χ2v) is 5.36. The van der Waals surface area contributed by atoms with Crippen LogP contribution in [0.5, 0.6) is 0 Å². The number of nitrogens with one attached hydrogen (secondary N) is 1. The minimum absolute atomic E-state index is 0.160. The van der Waals surface area contributed by atoms with Crippen LogP contribution in [0.1, 0.15) is 40.7 Å². The Balaban J connectivity index is 2.12. The summed E-state index contributed by atoms with van der Waals surface area (Å²) in [6.45, 7) is 4.63. The first-order valence-electron chi connectivity index (χ1n) is 7.16. The van der Waals surface area contributed by atoms with Gasteiger partial charge in [-0.1, -0.05) is 43.2 Å². The van der Waals surface area contributed by atoms with Gasteiger partial charge in [-0.25, -0.2) is 0 Å². The quantitative estimate of drug-likeness (QED) is 0.887. The highest BCUT2D eigenvalue weighted by Crippen LogP contribution is 2.18. The van der Waals surface area contributed by atoms with Gasteiger partial charge in [0.15, 0.2) is 5.69 Å². The molecule has 1 aromatic carbocycles. The molecule has 1 aromatic heterocycles. The van der Waals surface area contributed by atoms with Gasteiger partial charge in [0.2, 0.25) is 0 Å². The number of aromatic nitrogens is 2. The van der Waals surface area contributed by atoms with E-state index in [4.69, 9.17) is 5.73 Å². The zero-order chi connectivity index (χ0) is 15.4. The number of carbonyl (C=O) groups is 1. The van der Waals surface area contributed by atoms with E-state index in [9.17, 15) is 4.79 Å². The lowest BCUT2D eigenvalue weighted by molar-refractivity contribution is 0.0780. The monoisotopic (exact) mass is 286 g/mol. The molecule has 0 aliphatic heterocycles. The van der Waals surface area contributed by atoms with Crippen molar-refractivity contribution in [3.63, 3.8) is 0 Å². The Kier molecular flexibility index (Phi) is 4.62. The summed E-state index contributed by atoms with van der Waals surface area (Å²) in [6, 6.07) is 8.10. The number of nitrogens with two attached hydrogens (primary N) is 1. The highest BCUT2D eigenvalue weighted by molar-refractivity contribution is 5.97. The zero-order valence-electron chi connectivity index (χ0n) is 12.8. The van der Waals surface area contributed by atoms with Crippen LogP contribution in [0.15, 0.2) is 24.3 Å². The van der Waals surface area contributed by atoms with Crippen LogP contribution in [0.25, 0.3) is 0 Å². The van der Waals surface area contributed by atoms with Gasteiger partial charge in [0.25, 0.3) is 5.91 Å². The predicted molar refractivity (Wildman–Crippen MR) is 84.0 cm³/mol. The number of hydrogen-bond donors (Lipinski definition) is 2. The number of hydrogen-bond acceptors (Lipinski definition) is 3. The molecule has 0 radical (unpaired) electrons. The summed E-state index contributed by atoms with van der Waals surface area (Å²) in [4.78, 5) is 14.1. The van der Waals surface area contributed by atoms with Crippen LogP contribution >= 0.6 is 0 Å². The van der Waals surface area contributed by atoms with Gasteiger partial charge < -0.3 is 10.6 Å². The maximum absolute atomic E-state index is 12.4. The van der Waals surface area contributed by atoms with Crippen LogP contribution in [0, 0.1) is 6.92 Å². The van der Waals surface area contributed by atoms with Gasteiger partial charge in [0.05, 0.1) is 11.4 Å². The van der Waals surface area contributed by atoms with E-state index in [1.54, 1.807) is 11.9 Å². The molecule has 1 heterocycles. The Morgan fingerprint density at radius 3 is 2.86 bits per heavy atom. The molecule has 0 unspecified atom stereocenters. The van der Waals surface area contributed by atoms with Crippen LogP contribution in [0.4, 0.5) is 5.69 Å². The molecule has 1 amide bonds. The molecule has 0 bridgehead atoms.